The maximum absolute atomic E-state index is 10.9. The van der Waals surface area contributed by atoms with E-state index in [1.54, 1.807) is 12.1 Å². The Labute approximate surface area is 105 Å². The van der Waals surface area contributed by atoms with Crippen LogP contribution in [0.15, 0.2) is 40.4 Å². The molecule has 1 aromatic heterocycles. The van der Waals surface area contributed by atoms with Crippen LogP contribution in [0.4, 0.5) is 0 Å². The molecule has 0 saturated carbocycles. The maximum atomic E-state index is 10.9. The molecule has 1 heterocycles. The number of H-pyrrole nitrogens is 1. The van der Waals surface area contributed by atoms with Crippen molar-refractivity contribution in [2.24, 2.45) is 0 Å². The molecule has 2 rings (SSSR count). The van der Waals surface area contributed by atoms with E-state index in [2.05, 4.69) is 9.97 Å². The summed E-state index contributed by atoms with van der Waals surface area (Å²) in [6.07, 6.45) is 0.639. The van der Waals surface area contributed by atoms with Gasteiger partial charge in [-0.15, -0.1) is 0 Å². The van der Waals surface area contributed by atoms with Gasteiger partial charge in [-0.05, 0) is 23.9 Å². The third-order valence-corrected chi connectivity index (χ3v) is 2.94. The lowest BCUT2D eigenvalue weighted by Crippen LogP contribution is -2.01. The Kier molecular flexibility index (Phi) is 3.33. The molecule has 92 valence electrons. The van der Waals surface area contributed by atoms with Gasteiger partial charge in [0.25, 0.3) is 0 Å². The van der Waals surface area contributed by atoms with E-state index in [0.717, 1.165) is 17.3 Å². The third kappa shape index (κ3) is 2.69. The molecule has 18 heavy (non-hydrogen) atoms. The first-order valence-electron chi connectivity index (χ1n) is 4.87. The molecule has 0 spiro atoms. The normalized spacial score (nSPS) is 11.7. The summed E-state index contributed by atoms with van der Waals surface area (Å²) in [5.41, 5.74) is 1.46. The number of aromatic amines is 1. The van der Waals surface area contributed by atoms with Crippen LogP contribution < -0.4 is 0 Å². The van der Waals surface area contributed by atoms with Crippen LogP contribution in [-0.4, -0.2) is 32.1 Å². The zero-order chi connectivity index (χ0) is 13.1. The van der Waals surface area contributed by atoms with Gasteiger partial charge >= 0.3 is 11.9 Å². The molecule has 0 unspecified atom stereocenters. The summed E-state index contributed by atoms with van der Waals surface area (Å²) in [6, 6.07) is 7.20. The summed E-state index contributed by atoms with van der Waals surface area (Å²) in [5, 5.41) is 17.8. The first kappa shape index (κ1) is 12.2. The number of aromatic nitrogens is 2. The molecule has 0 aliphatic carbocycles. The highest BCUT2D eigenvalue weighted by Crippen LogP contribution is 2.26. The Balaban J connectivity index is 2.31. The number of fused-ring (bicyclic) bond motifs is 1. The van der Waals surface area contributed by atoms with Crippen LogP contribution in [0.1, 0.15) is 0 Å². The van der Waals surface area contributed by atoms with Crippen LogP contribution in [0.3, 0.4) is 0 Å². The van der Waals surface area contributed by atoms with Gasteiger partial charge in [0.1, 0.15) is 4.91 Å². The van der Waals surface area contributed by atoms with Gasteiger partial charge in [-0.25, -0.2) is 14.6 Å². The van der Waals surface area contributed by atoms with E-state index in [0.29, 0.717) is 16.7 Å². The van der Waals surface area contributed by atoms with Gasteiger partial charge in [0.15, 0.2) is 5.16 Å². The molecule has 0 fully saturated rings. The first-order valence-corrected chi connectivity index (χ1v) is 5.68. The average Bonchev–Trinajstić information content (AvgIpc) is 2.69. The Morgan fingerprint density at radius 1 is 1.28 bits per heavy atom. The van der Waals surface area contributed by atoms with Crippen molar-refractivity contribution < 1.29 is 19.8 Å². The fraction of sp³-hybridized carbons (Fsp3) is 0. The van der Waals surface area contributed by atoms with Crippen molar-refractivity contribution in [3.8, 4) is 0 Å². The smallest absolute Gasteiger partial charge is 0.342 e. The fourth-order valence-electron chi connectivity index (χ4n) is 1.33. The number of carboxylic acids is 2. The second-order valence-corrected chi connectivity index (χ2v) is 4.34. The van der Waals surface area contributed by atoms with Gasteiger partial charge in [-0.1, -0.05) is 12.1 Å². The Bertz CT molecular complexity index is 614. The highest BCUT2D eigenvalue weighted by atomic mass is 32.2. The molecule has 7 heteroatoms. The number of para-hydroxylation sites is 2. The standard InChI is InChI=1S/C11H8N2O4S/c14-9(15)5-8(10(16)17)18-11-12-6-3-1-2-4-7(6)13-11/h1-5H,(H,12,13)(H,14,15)(H,16,17)/b8-5-. The average molecular weight is 264 g/mol. The van der Waals surface area contributed by atoms with Gasteiger partial charge in [-0.3, -0.25) is 0 Å². The van der Waals surface area contributed by atoms with Crippen molar-refractivity contribution in [1.82, 2.24) is 9.97 Å². The van der Waals surface area contributed by atoms with Crippen LogP contribution in [-0.2, 0) is 9.59 Å². The van der Waals surface area contributed by atoms with Crippen LogP contribution >= 0.6 is 11.8 Å². The van der Waals surface area contributed by atoms with Crippen LogP contribution in [0, 0.1) is 0 Å². The largest absolute Gasteiger partial charge is 0.478 e. The molecule has 0 aliphatic rings. The van der Waals surface area contributed by atoms with Crippen molar-refractivity contribution >= 4 is 34.7 Å². The predicted octanol–water partition coefficient (Wildman–Crippen LogP) is 1.71. The van der Waals surface area contributed by atoms with Gasteiger partial charge in [0, 0.05) is 6.08 Å². The topological polar surface area (TPSA) is 103 Å². The lowest BCUT2D eigenvalue weighted by atomic mass is 10.3. The minimum atomic E-state index is -1.31. The summed E-state index contributed by atoms with van der Waals surface area (Å²) in [6.45, 7) is 0. The minimum Gasteiger partial charge on any atom is -0.478 e. The molecule has 3 N–H and O–H groups in total. The number of aliphatic carboxylic acids is 2. The molecule has 0 aliphatic heterocycles. The quantitative estimate of drug-likeness (QED) is 0.573. The van der Waals surface area contributed by atoms with E-state index in [1.165, 1.54) is 0 Å². The number of nitrogens with zero attached hydrogens (tertiary/aromatic N) is 1. The Morgan fingerprint density at radius 3 is 2.61 bits per heavy atom. The van der Waals surface area contributed by atoms with Crippen molar-refractivity contribution in [3.63, 3.8) is 0 Å². The van der Waals surface area contributed by atoms with Gasteiger partial charge < -0.3 is 15.2 Å². The van der Waals surface area contributed by atoms with Gasteiger partial charge in [0.05, 0.1) is 11.0 Å². The van der Waals surface area contributed by atoms with Crippen molar-refractivity contribution in [2.45, 2.75) is 5.16 Å². The minimum absolute atomic E-state index is 0.304. The molecule has 0 radical (unpaired) electrons. The molecule has 0 amide bonds. The van der Waals surface area contributed by atoms with Crippen LogP contribution in [0.25, 0.3) is 11.0 Å². The number of carbonyl (C=O) groups is 2. The molecule has 0 bridgehead atoms. The number of carboxylic acid groups (broad SMARTS) is 2. The number of hydrogen-bond donors (Lipinski definition) is 3. The van der Waals surface area contributed by atoms with Crippen molar-refractivity contribution in [2.75, 3.05) is 0 Å². The van der Waals surface area contributed by atoms with E-state index in [9.17, 15) is 9.59 Å². The molecule has 0 saturated heterocycles. The van der Waals surface area contributed by atoms with E-state index in [4.69, 9.17) is 10.2 Å². The van der Waals surface area contributed by atoms with E-state index in [-0.39, 0.29) is 4.91 Å². The second-order valence-electron chi connectivity index (χ2n) is 3.31. The Morgan fingerprint density at radius 2 is 2.00 bits per heavy atom. The predicted molar refractivity (Wildman–Crippen MR) is 65.3 cm³/mol. The molecule has 0 atom stereocenters. The molecular formula is C11H8N2O4S. The van der Waals surface area contributed by atoms with E-state index in [1.807, 2.05) is 12.1 Å². The highest BCUT2D eigenvalue weighted by molar-refractivity contribution is 8.03. The summed E-state index contributed by atoms with van der Waals surface area (Å²) >= 11 is 0.765. The summed E-state index contributed by atoms with van der Waals surface area (Å²) in [7, 11) is 0. The second kappa shape index (κ2) is 4.92. The molecule has 1 aromatic carbocycles. The summed E-state index contributed by atoms with van der Waals surface area (Å²) in [4.78, 5) is 28.1. The zero-order valence-electron chi connectivity index (χ0n) is 8.95. The highest BCUT2D eigenvalue weighted by Gasteiger charge is 2.14. The van der Waals surface area contributed by atoms with Crippen molar-refractivity contribution in [3.05, 3.63) is 35.2 Å². The first-order chi connectivity index (χ1) is 8.56. The number of nitrogens with one attached hydrogen (secondary N) is 1. The van der Waals surface area contributed by atoms with Crippen molar-refractivity contribution in [1.29, 1.82) is 0 Å². The molecular weight excluding hydrogens is 256 g/mol. The molecule has 2 aromatic rings. The van der Waals surface area contributed by atoms with Crippen LogP contribution in [0.5, 0.6) is 0 Å². The maximum Gasteiger partial charge on any atom is 0.342 e. The summed E-state index contributed by atoms with van der Waals surface area (Å²) in [5.74, 6) is -2.61. The number of imidazole rings is 1. The number of hydrogen-bond acceptors (Lipinski definition) is 4. The monoisotopic (exact) mass is 264 g/mol. The van der Waals surface area contributed by atoms with E-state index < -0.39 is 11.9 Å². The zero-order valence-corrected chi connectivity index (χ0v) is 9.77. The number of thioether (sulfide) groups is 1. The third-order valence-electron chi connectivity index (χ3n) is 2.04. The molecule has 6 nitrogen and oxygen atoms in total. The number of benzene rings is 1. The van der Waals surface area contributed by atoms with Crippen LogP contribution in [0.2, 0.25) is 0 Å². The van der Waals surface area contributed by atoms with Gasteiger partial charge in [0.2, 0.25) is 0 Å². The number of rotatable bonds is 4. The van der Waals surface area contributed by atoms with Gasteiger partial charge in [-0.2, -0.15) is 0 Å². The fourth-order valence-corrected chi connectivity index (χ4v) is 2.09. The summed E-state index contributed by atoms with van der Waals surface area (Å²) < 4.78 is 0. The Hall–Kier alpha value is -2.28. The van der Waals surface area contributed by atoms with E-state index >= 15 is 0 Å². The lowest BCUT2D eigenvalue weighted by Gasteiger charge is -1.96. The SMILES string of the molecule is O=C(O)/C=C(\Sc1nc2ccccc2[nH]1)C(=O)O. The lowest BCUT2D eigenvalue weighted by molar-refractivity contribution is -0.134.